The standard InChI is InChI=1S/C22H18FN3O4/c1-12-20-15(21(27)24-13-8-9-18(28-2)19(10-13)29-3)11-17(25-22(20)30-26-12)14-6-4-5-7-16(14)23/h4-11H,1-3H3,(H,24,27). The molecule has 0 saturated carbocycles. The molecule has 0 atom stereocenters. The number of hydrogen-bond donors (Lipinski definition) is 1. The predicted molar refractivity (Wildman–Crippen MR) is 109 cm³/mol. The van der Waals surface area contributed by atoms with Gasteiger partial charge in [-0.2, -0.15) is 0 Å². The Bertz CT molecular complexity index is 1250. The average Bonchev–Trinajstić information content (AvgIpc) is 3.14. The van der Waals surface area contributed by atoms with E-state index >= 15 is 0 Å². The van der Waals surface area contributed by atoms with Crippen molar-refractivity contribution >= 4 is 22.7 Å². The average molecular weight is 407 g/mol. The van der Waals surface area contributed by atoms with Crippen LogP contribution in [0.25, 0.3) is 22.4 Å². The molecule has 0 fully saturated rings. The summed E-state index contributed by atoms with van der Waals surface area (Å²) in [7, 11) is 3.04. The summed E-state index contributed by atoms with van der Waals surface area (Å²) in [6, 6.07) is 12.7. The number of anilines is 1. The Morgan fingerprint density at radius 1 is 1.07 bits per heavy atom. The summed E-state index contributed by atoms with van der Waals surface area (Å²) in [5.74, 6) is 0.146. The molecule has 1 amide bonds. The summed E-state index contributed by atoms with van der Waals surface area (Å²) in [6.45, 7) is 1.71. The fourth-order valence-corrected chi connectivity index (χ4v) is 3.19. The molecule has 30 heavy (non-hydrogen) atoms. The van der Waals surface area contributed by atoms with Crippen LogP contribution in [0, 0.1) is 12.7 Å². The number of rotatable bonds is 5. The Hall–Kier alpha value is -3.94. The van der Waals surface area contributed by atoms with E-state index in [-0.39, 0.29) is 22.5 Å². The van der Waals surface area contributed by atoms with Crippen LogP contribution in [0.5, 0.6) is 11.5 Å². The van der Waals surface area contributed by atoms with Gasteiger partial charge in [0.25, 0.3) is 11.6 Å². The predicted octanol–water partition coefficient (Wildman–Crippen LogP) is 4.61. The highest BCUT2D eigenvalue weighted by atomic mass is 19.1. The molecule has 0 aliphatic rings. The Morgan fingerprint density at radius 3 is 2.57 bits per heavy atom. The van der Waals surface area contributed by atoms with Crippen LogP contribution < -0.4 is 14.8 Å². The number of carbonyl (C=O) groups excluding carboxylic acids is 1. The van der Waals surface area contributed by atoms with Crippen molar-refractivity contribution in [2.45, 2.75) is 6.92 Å². The molecular weight excluding hydrogens is 389 g/mol. The van der Waals surface area contributed by atoms with E-state index in [1.807, 2.05) is 0 Å². The number of benzene rings is 2. The summed E-state index contributed by atoms with van der Waals surface area (Å²) in [5, 5.41) is 7.19. The minimum atomic E-state index is -0.452. The van der Waals surface area contributed by atoms with Gasteiger partial charge in [-0.25, -0.2) is 9.37 Å². The smallest absolute Gasteiger partial charge is 0.259 e. The summed E-state index contributed by atoms with van der Waals surface area (Å²) in [4.78, 5) is 17.5. The third-order valence-corrected chi connectivity index (χ3v) is 4.65. The lowest BCUT2D eigenvalue weighted by Crippen LogP contribution is -2.13. The van der Waals surface area contributed by atoms with E-state index in [4.69, 9.17) is 14.0 Å². The van der Waals surface area contributed by atoms with Crippen LogP contribution in [-0.2, 0) is 0 Å². The minimum absolute atomic E-state index is 0.158. The summed E-state index contributed by atoms with van der Waals surface area (Å²) >= 11 is 0. The number of halogens is 1. The highest BCUT2D eigenvalue weighted by Gasteiger charge is 2.21. The zero-order valence-corrected chi connectivity index (χ0v) is 16.5. The number of nitrogens with one attached hydrogen (secondary N) is 1. The number of carbonyl (C=O) groups is 1. The molecule has 0 saturated heterocycles. The molecule has 2 aromatic carbocycles. The van der Waals surface area contributed by atoms with Crippen LogP contribution >= 0.6 is 0 Å². The zero-order chi connectivity index (χ0) is 21.3. The van der Waals surface area contributed by atoms with Crippen molar-refractivity contribution in [3.05, 3.63) is 65.6 Å². The van der Waals surface area contributed by atoms with Crippen LogP contribution in [0.1, 0.15) is 16.1 Å². The maximum absolute atomic E-state index is 14.3. The number of ether oxygens (including phenoxy) is 2. The van der Waals surface area contributed by atoms with Crippen molar-refractivity contribution < 1.29 is 23.2 Å². The molecule has 7 nitrogen and oxygen atoms in total. The molecular formula is C22H18FN3O4. The fraction of sp³-hybridized carbons (Fsp3) is 0.136. The van der Waals surface area contributed by atoms with Crippen LogP contribution in [0.2, 0.25) is 0 Å². The Kier molecular flexibility index (Phi) is 5.05. The Morgan fingerprint density at radius 2 is 1.83 bits per heavy atom. The molecule has 2 heterocycles. The molecule has 152 valence electrons. The van der Waals surface area contributed by atoms with Gasteiger partial charge in [0.05, 0.1) is 36.6 Å². The molecule has 4 rings (SSSR count). The number of fused-ring (bicyclic) bond motifs is 1. The first kappa shape index (κ1) is 19.4. The van der Waals surface area contributed by atoms with Gasteiger partial charge < -0.3 is 19.3 Å². The second kappa shape index (κ2) is 7.82. The van der Waals surface area contributed by atoms with Gasteiger partial charge in [-0.05, 0) is 37.3 Å². The molecule has 0 unspecified atom stereocenters. The highest BCUT2D eigenvalue weighted by molar-refractivity contribution is 6.13. The number of amides is 1. The molecule has 0 aliphatic carbocycles. The third kappa shape index (κ3) is 3.43. The first-order chi connectivity index (χ1) is 14.5. The molecule has 0 spiro atoms. The van der Waals surface area contributed by atoms with E-state index in [1.54, 1.807) is 43.3 Å². The van der Waals surface area contributed by atoms with Gasteiger partial charge in [0, 0.05) is 17.3 Å². The molecule has 8 heteroatoms. The molecule has 0 bridgehead atoms. The second-order valence-electron chi connectivity index (χ2n) is 6.51. The Labute approximate surface area is 171 Å². The van der Waals surface area contributed by atoms with E-state index in [1.165, 1.54) is 26.4 Å². The van der Waals surface area contributed by atoms with Gasteiger partial charge in [0.15, 0.2) is 11.5 Å². The summed E-state index contributed by atoms with van der Waals surface area (Å²) < 4.78 is 30.1. The van der Waals surface area contributed by atoms with Crippen molar-refractivity contribution in [2.24, 2.45) is 0 Å². The van der Waals surface area contributed by atoms with Crippen molar-refractivity contribution in [3.63, 3.8) is 0 Å². The lowest BCUT2D eigenvalue weighted by molar-refractivity contribution is 0.102. The highest BCUT2D eigenvalue weighted by Crippen LogP contribution is 2.32. The SMILES string of the molecule is COc1ccc(NC(=O)c2cc(-c3ccccc3F)nc3onc(C)c23)cc1OC. The summed E-state index contributed by atoms with van der Waals surface area (Å²) in [6.07, 6.45) is 0. The maximum Gasteiger partial charge on any atom is 0.259 e. The van der Waals surface area contributed by atoms with E-state index in [2.05, 4.69) is 15.5 Å². The number of hydrogen-bond acceptors (Lipinski definition) is 6. The molecule has 0 aliphatic heterocycles. The van der Waals surface area contributed by atoms with Gasteiger partial charge in [0.2, 0.25) is 0 Å². The van der Waals surface area contributed by atoms with Crippen LogP contribution in [0.4, 0.5) is 10.1 Å². The molecule has 2 aromatic heterocycles. The van der Waals surface area contributed by atoms with Gasteiger partial charge in [-0.1, -0.05) is 17.3 Å². The molecule has 0 radical (unpaired) electrons. The first-order valence-corrected chi connectivity index (χ1v) is 9.07. The van der Waals surface area contributed by atoms with Crippen LogP contribution in [-0.4, -0.2) is 30.3 Å². The van der Waals surface area contributed by atoms with Crippen molar-refractivity contribution in [1.82, 2.24) is 10.1 Å². The third-order valence-electron chi connectivity index (χ3n) is 4.65. The normalized spacial score (nSPS) is 10.8. The largest absolute Gasteiger partial charge is 0.493 e. The fourth-order valence-electron chi connectivity index (χ4n) is 3.19. The van der Waals surface area contributed by atoms with Crippen LogP contribution in [0.15, 0.2) is 53.1 Å². The van der Waals surface area contributed by atoms with E-state index in [9.17, 15) is 9.18 Å². The van der Waals surface area contributed by atoms with Gasteiger partial charge in [-0.3, -0.25) is 4.79 Å². The molecule has 1 N–H and O–H groups in total. The molecule has 4 aromatic rings. The number of nitrogens with zero attached hydrogens (tertiary/aromatic N) is 2. The number of aryl methyl sites for hydroxylation is 1. The van der Waals surface area contributed by atoms with Crippen molar-refractivity contribution in [1.29, 1.82) is 0 Å². The lowest BCUT2D eigenvalue weighted by atomic mass is 10.0. The van der Waals surface area contributed by atoms with Gasteiger partial charge in [-0.15, -0.1) is 0 Å². The number of methoxy groups -OCH3 is 2. The maximum atomic E-state index is 14.3. The van der Waals surface area contributed by atoms with Crippen LogP contribution in [0.3, 0.4) is 0 Å². The summed E-state index contributed by atoms with van der Waals surface area (Å²) in [5.41, 5.74) is 1.97. The second-order valence-corrected chi connectivity index (χ2v) is 6.51. The van der Waals surface area contributed by atoms with Crippen molar-refractivity contribution in [2.75, 3.05) is 19.5 Å². The Balaban J connectivity index is 1.78. The van der Waals surface area contributed by atoms with Crippen molar-refractivity contribution in [3.8, 4) is 22.8 Å². The van der Waals surface area contributed by atoms with Gasteiger partial charge >= 0.3 is 0 Å². The van der Waals surface area contributed by atoms with E-state index in [0.29, 0.717) is 28.3 Å². The topological polar surface area (TPSA) is 86.5 Å². The first-order valence-electron chi connectivity index (χ1n) is 9.07. The van der Waals surface area contributed by atoms with E-state index < -0.39 is 11.7 Å². The zero-order valence-electron chi connectivity index (χ0n) is 16.5. The van der Waals surface area contributed by atoms with E-state index in [0.717, 1.165) is 0 Å². The van der Waals surface area contributed by atoms with Gasteiger partial charge in [0.1, 0.15) is 5.82 Å². The monoisotopic (exact) mass is 407 g/mol. The number of aromatic nitrogens is 2. The quantitative estimate of drug-likeness (QED) is 0.520. The lowest BCUT2D eigenvalue weighted by Gasteiger charge is -2.11. The number of pyridine rings is 1. The minimum Gasteiger partial charge on any atom is -0.493 e.